The Morgan fingerprint density at radius 1 is 1.14 bits per heavy atom. The molecule has 5 heteroatoms. The molecule has 22 heavy (non-hydrogen) atoms. The van der Waals surface area contributed by atoms with E-state index in [4.69, 9.17) is 5.11 Å². The van der Waals surface area contributed by atoms with Crippen molar-refractivity contribution < 1.29 is 14.7 Å². The SMILES string of the molecule is CCCC(NC(=O)NCc1cccc2ccccc12)C(=O)O. The number of aliphatic carboxylic acids is 1. The third-order valence-electron chi connectivity index (χ3n) is 3.50. The fourth-order valence-electron chi connectivity index (χ4n) is 2.38. The molecular formula is C17H20N2O3. The molecule has 0 aliphatic carbocycles. The zero-order valence-corrected chi connectivity index (χ0v) is 12.5. The molecular weight excluding hydrogens is 280 g/mol. The molecule has 0 aliphatic heterocycles. The van der Waals surface area contributed by atoms with E-state index in [0.717, 1.165) is 16.3 Å². The maximum Gasteiger partial charge on any atom is 0.326 e. The number of rotatable bonds is 6. The number of nitrogens with one attached hydrogen (secondary N) is 2. The standard InChI is InChI=1S/C17H20N2O3/c1-2-6-15(16(20)21)19-17(22)18-11-13-9-5-8-12-7-3-4-10-14(12)13/h3-5,7-10,15H,2,6,11H2,1H3,(H,20,21)(H2,18,19,22). The number of fused-ring (bicyclic) bond motifs is 1. The minimum Gasteiger partial charge on any atom is -0.480 e. The number of carbonyl (C=O) groups is 2. The Labute approximate surface area is 129 Å². The van der Waals surface area contributed by atoms with Crippen LogP contribution in [-0.4, -0.2) is 23.1 Å². The van der Waals surface area contributed by atoms with Crippen LogP contribution in [0.25, 0.3) is 10.8 Å². The van der Waals surface area contributed by atoms with Gasteiger partial charge in [0.05, 0.1) is 0 Å². The van der Waals surface area contributed by atoms with Crippen LogP contribution >= 0.6 is 0 Å². The lowest BCUT2D eigenvalue weighted by molar-refractivity contribution is -0.139. The summed E-state index contributed by atoms with van der Waals surface area (Å²) >= 11 is 0. The average molecular weight is 300 g/mol. The van der Waals surface area contributed by atoms with E-state index >= 15 is 0 Å². The summed E-state index contributed by atoms with van der Waals surface area (Å²) in [6.07, 6.45) is 1.11. The predicted octanol–water partition coefficient (Wildman–Crippen LogP) is 2.89. The molecule has 1 unspecified atom stereocenters. The second-order valence-electron chi connectivity index (χ2n) is 5.14. The van der Waals surface area contributed by atoms with Gasteiger partial charge in [0.15, 0.2) is 0 Å². The zero-order valence-electron chi connectivity index (χ0n) is 12.5. The lowest BCUT2D eigenvalue weighted by atomic mass is 10.0. The first-order valence-corrected chi connectivity index (χ1v) is 7.35. The number of carboxylic acid groups (broad SMARTS) is 1. The van der Waals surface area contributed by atoms with Gasteiger partial charge in [0, 0.05) is 6.54 Å². The first-order chi connectivity index (χ1) is 10.6. The number of urea groups is 1. The highest BCUT2D eigenvalue weighted by Gasteiger charge is 2.18. The first kappa shape index (κ1) is 15.8. The second-order valence-corrected chi connectivity index (χ2v) is 5.14. The molecule has 2 aromatic rings. The van der Waals surface area contributed by atoms with Gasteiger partial charge in [-0.05, 0) is 22.8 Å². The van der Waals surface area contributed by atoms with E-state index in [0.29, 0.717) is 19.4 Å². The minimum atomic E-state index is -1.01. The van der Waals surface area contributed by atoms with Crippen LogP contribution in [0, 0.1) is 0 Å². The molecule has 0 spiro atoms. The molecule has 2 amide bonds. The predicted molar refractivity (Wildman–Crippen MR) is 85.7 cm³/mol. The fourth-order valence-corrected chi connectivity index (χ4v) is 2.38. The highest BCUT2D eigenvalue weighted by Crippen LogP contribution is 2.18. The van der Waals surface area contributed by atoms with Gasteiger partial charge in [-0.15, -0.1) is 0 Å². The Morgan fingerprint density at radius 2 is 1.86 bits per heavy atom. The van der Waals surface area contributed by atoms with Gasteiger partial charge in [0.2, 0.25) is 0 Å². The first-order valence-electron chi connectivity index (χ1n) is 7.35. The van der Waals surface area contributed by atoms with E-state index < -0.39 is 18.0 Å². The fraction of sp³-hybridized carbons (Fsp3) is 0.294. The molecule has 0 heterocycles. The molecule has 2 rings (SSSR count). The molecule has 116 valence electrons. The third kappa shape index (κ3) is 3.97. The van der Waals surface area contributed by atoms with Crippen LogP contribution in [0.4, 0.5) is 4.79 Å². The summed E-state index contributed by atoms with van der Waals surface area (Å²) in [7, 11) is 0. The molecule has 5 nitrogen and oxygen atoms in total. The summed E-state index contributed by atoms with van der Waals surface area (Å²) in [6, 6.07) is 12.5. The van der Waals surface area contributed by atoms with Crippen molar-refractivity contribution >= 4 is 22.8 Å². The van der Waals surface area contributed by atoms with E-state index in [1.165, 1.54) is 0 Å². The molecule has 0 aromatic heterocycles. The van der Waals surface area contributed by atoms with Crippen LogP contribution < -0.4 is 10.6 Å². The van der Waals surface area contributed by atoms with Gasteiger partial charge in [0.1, 0.15) is 6.04 Å². The van der Waals surface area contributed by atoms with Crippen LogP contribution in [0.3, 0.4) is 0 Å². The smallest absolute Gasteiger partial charge is 0.326 e. The average Bonchev–Trinajstić information content (AvgIpc) is 2.52. The molecule has 0 fully saturated rings. The second kappa shape index (κ2) is 7.45. The normalized spacial score (nSPS) is 11.9. The van der Waals surface area contributed by atoms with Gasteiger partial charge in [-0.2, -0.15) is 0 Å². The summed E-state index contributed by atoms with van der Waals surface area (Å²) in [5.74, 6) is -1.01. The van der Waals surface area contributed by atoms with Crippen molar-refractivity contribution in [3.63, 3.8) is 0 Å². The van der Waals surface area contributed by atoms with Gasteiger partial charge in [-0.1, -0.05) is 55.8 Å². The molecule has 0 radical (unpaired) electrons. The topological polar surface area (TPSA) is 78.4 Å². The highest BCUT2D eigenvalue weighted by atomic mass is 16.4. The molecule has 0 saturated heterocycles. The Bertz CT molecular complexity index is 665. The largest absolute Gasteiger partial charge is 0.480 e. The van der Waals surface area contributed by atoms with E-state index in [1.807, 2.05) is 49.4 Å². The quantitative estimate of drug-likeness (QED) is 0.767. The molecule has 1 atom stereocenters. The van der Waals surface area contributed by atoms with Crippen molar-refractivity contribution in [1.29, 1.82) is 0 Å². The zero-order chi connectivity index (χ0) is 15.9. The Morgan fingerprint density at radius 3 is 2.59 bits per heavy atom. The van der Waals surface area contributed by atoms with Crippen LogP contribution in [0.5, 0.6) is 0 Å². The summed E-state index contributed by atoms with van der Waals surface area (Å²) in [6.45, 7) is 2.23. The van der Waals surface area contributed by atoms with Crippen LogP contribution in [0.15, 0.2) is 42.5 Å². The number of carboxylic acids is 1. The van der Waals surface area contributed by atoms with E-state index in [2.05, 4.69) is 10.6 Å². The summed E-state index contributed by atoms with van der Waals surface area (Å²) in [5.41, 5.74) is 0.996. The van der Waals surface area contributed by atoms with Crippen molar-refractivity contribution in [2.24, 2.45) is 0 Å². The summed E-state index contributed by atoms with van der Waals surface area (Å²) in [4.78, 5) is 22.9. The van der Waals surface area contributed by atoms with Crippen molar-refractivity contribution in [1.82, 2.24) is 10.6 Å². The van der Waals surface area contributed by atoms with Crippen LogP contribution in [0.1, 0.15) is 25.3 Å². The van der Waals surface area contributed by atoms with Gasteiger partial charge in [-0.25, -0.2) is 9.59 Å². The number of carbonyl (C=O) groups excluding carboxylic acids is 1. The summed E-state index contributed by atoms with van der Waals surface area (Å²) in [5, 5.41) is 16.4. The van der Waals surface area contributed by atoms with Gasteiger partial charge < -0.3 is 15.7 Å². The van der Waals surface area contributed by atoms with Crippen molar-refractivity contribution in [3.05, 3.63) is 48.0 Å². The monoisotopic (exact) mass is 300 g/mol. The van der Waals surface area contributed by atoms with Crippen molar-refractivity contribution in [3.8, 4) is 0 Å². The Balaban J connectivity index is 1.99. The Hall–Kier alpha value is -2.56. The third-order valence-corrected chi connectivity index (χ3v) is 3.50. The lowest BCUT2D eigenvalue weighted by Crippen LogP contribution is -2.45. The highest BCUT2D eigenvalue weighted by molar-refractivity contribution is 5.86. The summed E-state index contributed by atoms with van der Waals surface area (Å²) < 4.78 is 0. The molecule has 0 bridgehead atoms. The number of hydrogen-bond donors (Lipinski definition) is 3. The van der Waals surface area contributed by atoms with Crippen molar-refractivity contribution in [2.75, 3.05) is 0 Å². The molecule has 2 aromatic carbocycles. The lowest BCUT2D eigenvalue weighted by Gasteiger charge is -2.14. The van der Waals surface area contributed by atoms with Crippen LogP contribution in [0.2, 0.25) is 0 Å². The van der Waals surface area contributed by atoms with Gasteiger partial charge in [-0.3, -0.25) is 0 Å². The van der Waals surface area contributed by atoms with E-state index in [1.54, 1.807) is 0 Å². The molecule has 0 aliphatic rings. The molecule has 0 saturated carbocycles. The van der Waals surface area contributed by atoms with Crippen molar-refractivity contribution in [2.45, 2.75) is 32.4 Å². The number of hydrogen-bond acceptors (Lipinski definition) is 2. The number of benzene rings is 2. The minimum absolute atomic E-state index is 0.353. The maximum absolute atomic E-state index is 11.9. The van der Waals surface area contributed by atoms with Gasteiger partial charge >= 0.3 is 12.0 Å². The molecule has 3 N–H and O–H groups in total. The number of amides is 2. The van der Waals surface area contributed by atoms with Gasteiger partial charge in [0.25, 0.3) is 0 Å². The Kier molecular flexibility index (Phi) is 5.36. The van der Waals surface area contributed by atoms with E-state index in [-0.39, 0.29) is 0 Å². The maximum atomic E-state index is 11.9. The van der Waals surface area contributed by atoms with E-state index in [9.17, 15) is 9.59 Å². The van der Waals surface area contributed by atoms with Crippen LogP contribution in [-0.2, 0) is 11.3 Å².